The van der Waals surface area contributed by atoms with Crippen LogP contribution in [0.15, 0.2) is 48.5 Å². The Morgan fingerprint density at radius 2 is 1.38 bits per heavy atom. The van der Waals surface area contributed by atoms with Crippen molar-refractivity contribution in [2.45, 2.75) is 41.5 Å². The summed E-state index contributed by atoms with van der Waals surface area (Å²) in [4.78, 5) is 4.91. The fourth-order valence-electron chi connectivity index (χ4n) is 4.38. The maximum atomic E-state index is 6.36. The van der Waals surface area contributed by atoms with Crippen LogP contribution in [0.5, 0.6) is 0 Å². The Balaban J connectivity index is 2.15. The van der Waals surface area contributed by atoms with Crippen molar-refractivity contribution in [2.75, 3.05) is 0 Å². The van der Waals surface area contributed by atoms with Crippen LogP contribution >= 0.6 is 0 Å². The van der Waals surface area contributed by atoms with Crippen molar-refractivity contribution in [1.82, 2.24) is 4.98 Å². The molecule has 1 aromatic heterocycles. The van der Waals surface area contributed by atoms with Gasteiger partial charge in [-0.3, -0.25) is 4.98 Å². The molecule has 0 atom stereocenters. The Hall–Kier alpha value is -2.87. The molecule has 4 aromatic rings. The van der Waals surface area contributed by atoms with Crippen LogP contribution in [-0.2, 0) is 0 Å². The van der Waals surface area contributed by atoms with E-state index in [9.17, 15) is 0 Å². The average molecular weight is 375 g/mol. The van der Waals surface area contributed by atoms with E-state index < -0.39 is 0 Å². The fraction of sp³-hybridized carbons (Fsp3) is 0.222. The molecule has 4 rings (SSSR count). The van der Waals surface area contributed by atoms with Gasteiger partial charge in [-0.1, -0.05) is 48.0 Å². The van der Waals surface area contributed by atoms with E-state index in [2.05, 4.69) is 90.1 Å². The quantitative estimate of drug-likeness (QED) is 0.380. The van der Waals surface area contributed by atoms with Crippen LogP contribution < -0.4 is 5.59 Å². The van der Waals surface area contributed by atoms with Gasteiger partial charge in [0.1, 0.15) is 7.85 Å². The van der Waals surface area contributed by atoms with E-state index in [1.807, 2.05) is 0 Å². The summed E-state index contributed by atoms with van der Waals surface area (Å²) in [7, 11) is 6.36. The Morgan fingerprint density at radius 3 is 2.10 bits per heavy atom. The summed E-state index contributed by atoms with van der Waals surface area (Å²) in [6.45, 7) is 12.9. The van der Waals surface area contributed by atoms with Crippen molar-refractivity contribution in [1.29, 1.82) is 0 Å². The summed E-state index contributed by atoms with van der Waals surface area (Å²) in [6.07, 6.45) is 0. The van der Waals surface area contributed by atoms with Crippen molar-refractivity contribution in [3.05, 3.63) is 81.9 Å². The molecule has 2 radical (unpaired) electrons. The first-order valence-corrected chi connectivity index (χ1v) is 10.1. The normalized spacial score (nSPS) is 11.2. The molecule has 0 aliphatic rings. The molecule has 1 nitrogen and oxygen atoms in total. The van der Waals surface area contributed by atoms with Gasteiger partial charge >= 0.3 is 0 Å². The predicted molar refractivity (Wildman–Crippen MR) is 126 cm³/mol. The van der Waals surface area contributed by atoms with E-state index >= 15 is 0 Å². The van der Waals surface area contributed by atoms with E-state index in [0.717, 1.165) is 11.3 Å². The minimum Gasteiger partial charge on any atom is -0.263 e. The number of hydrogen-bond acceptors (Lipinski definition) is 1. The van der Waals surface area contributed by atoms with Crippen LogP contribution in [0.25, 0.3) is 33.2 Å². The second kappa shape index (κ2) is 7.19. The highest BCUT2D eigenvalue weighted by atomic mass is 14.7. The van der Waals surface area contributed by atoms with Gasteiger partial charge in [-0.25, -0.2) is 0 Å². The van der Waals surface area contributed by atoms with Gasteiger partial charge in [0, 0.05) is 10.9 Å². The Labute approximate surface area is 175 Å². The average Bonchev–Trinajstić information content (AvgIpc) is 2.68. The number of benzene rings is 3. The predicted octanol–water partition coefficient (Wildman–Crippen LogP) is 6.21. The van der Waals surface area contributed by atoms with E-state index in [4.69, 9.17) is 12.8 Å². The molecular formula is C27H26BN. The number of fused-ring (bicyclic) bond motifs is 1. The third-order valence-electron chi connectivity index (χ3n) is 6.22. The number of aryl methyl sites for hydroxylation is 5. The lowest BCUT2D eigenvalue weighted by molar-refractivity contribution is 1.27. The summed E-state index contributed by atoms with van der Waals surface area (Å²) in [6, 6.07) is 17.5. The molecule has 142 valence electrons. The number of nitrogens with zero attached hydrogens (tertiary/aromatic N) is 1. The molecule has 0 unspecified atom stereocenters. The molecule has 0 bridgehead atoms. The largest absolute Gasteiger partial charge is 0.263 e. The number of rotatable bonds is 2. The molecule has 0 aliphatic carbocycles. The lowest BCUT2D eigenvalue weighted by Crippen LogP contribution is -2.15. The number of pyridine rings is 1. The smallest absolute Gasteiger partial charge is 0.142 e. The molecule has 3 aromatic carbocycles. The topological polar surface area (TPSA) is 12.9 Å². The summed E-state index contributed by atoms with van der Waals surface area (Å²) in [5, 5.41) is 2.38. The molecule has 29 heavy (non-hydrogen) atoms. The second-order valence-corrected chi connectivity index (χ2v) is 8.20. The van der Waals surface area contributed by atoms with Gasteiger partial charge in [0.25, 0.3) is 0 Å². The number of hydrogen-bond donors (Lipinski definition) is 0. The Bertz CT molecular complexity index is 1270. The molecule has 2 heteroatoms. The highest BCUT2D eigenvalue weighted by molar-refractivity contribution is 6.33. The summed E-state index contributed by atoms with van der Waals surface area (Å²) < 4.78 is 0. The second-order valence-electron chi connectivity index (χ2n) is 8.20. The first-order chi connectivity index (χ1) is 13.8. The lowest BCUT2D eigenvalue weighted by atomic mass is 9.85. The highest BCUT2D eigenvalue weighted by Gasteiger charge is 2.18. The van der Waals surface area contributed by atoms with Gasteiger partial charge < -0.3 is 0 Å². The molecule has 0 fully saturated rings. The summed E-state index contributed by atoms with van der Waals surface area (Å²) >= 11 is 0. The lowest BCUT2D eigenvalue weighted by Gasteiger charge is -2.19. The molecule has 0 aliphatic heterocycles. The van der Waals surface area contributed by atoms with Crippen LogP contribution in [0.1, 0.15) is 33.4 Å². The van der Waals surface area contributed by atoms with Gasteiger partial charge in [-0.05, 0) is 97.5 Å². The van der Waals surface area contributed by atoms with Crippen molar-refractivity contribution < 1.29 is 0 Å². The minimum absolute atomic E-state index is 0.606. The van der Waals surface area contributed by atoms with Crippen molar-refractivity contribution in [3.8, 4) is 22.4 Å². The SMILES string of the molecule is [B]c1nc(-c2cc(C)cc(C)c2C)c2c(C)c(-c3ccccc3C)ccc2c1C. The van der Waals surface area contributed by atoms with Gasteiger partial charge in [0.2, 0.25) is 0 Å². The van der Waals surface area contributed by atoms with Gasteiger partial charge in [-0.15, -0.1) is 0 Å². The minimum atomic E-state index is 0.606. The molecule has 0 N–H and O–H groups in total. The Kier molecular flexibility index (Phi) is 4.82. The molecular weight excluding hydrogens is 349 g/mol. The maximum Gasteiger partial charge on any atom is 0.142 e. The van der Waals surface area contributed by atoms with Gasteiger partial charge in [0.05, 0.1) is 5.69 Å². The summed E-state index contributed by atoms with van der Waals surface area (Å²) in [5.74, 6) is 0. The molecule has 0 spiro atoms. The van der Waals surface area contributed by atoms with Crippen LogP contribution in [0, 0.1) is 41.5 Å². The molecule has 0 saturated carbocycles. The zero-order valence-electron chi connectivity index (χ0n) is 18.1. The van der Waals surface area contributed by atoms with Gasteiger partial charge in [0.15, 0.2) is 0 Å². The Morgan fingerprint density at radius 1 is 0.655 bits per heavy atom. The molecule has 1 heterocycles. The first-order valence-electron chi connectivity index (χ1n) is 10.1. The first kappa shape index (κ1) is 19.5. The van der Waals surface area contributed by atoms with Crippen molar-refractivity contribution >= 4 is 24.2 Å². The van der Waals surface area contributed by atoms with E-state index in [1.54, 1.807) is 0 Å². The number of aromatic nitrogens is 1. The van der Waals surface area contributed by atoms with Crippen molar-refractivity contribution in [3.63, 3.8) is 0 Å². The third-order valence-corrected chi connectivity index (χ3v) is 6.22. The fourth-order valence-corrected chi connectivity index (χ4v) is 4.38. The molecule has 0 amide bonds. The zero-order valence-corrected chi connectivity index (χ0v) is 18.1. The van der Waals surface area contributed by atoms with Crippen molar-refractivity contribution in [2.24, 2.45) is 0 Å². The zero-order chi connectivity index (χ0) is 20.9. The standard InChI is InChI=1S/C27H26BN/c1-15-13-17(3)18(4)24(14-15)26-25-19(5)22(21-10-8-7-9-16(21)2)11-12-23(25)20(6)27(28)29-26/h7-14H,1-6H3. The maximum absolute atomic E-state index is 6.36. The van der Waals surface area contributed by atoms with Crippen LogP contribution in [-0.4, -0.2) is 12.8 Å². The van der Waals surface area contributed by atoms with Crippen LogP contribution in [0.2, 0.25) is 0 Å². The third kappa shape index (κ3) is 3.17. The monoisotopic (exact) mass is 375 g/mol. The molecule has 0 saturated heterocycles. The highest BCUT2D eigenvalue weighted by Crippen LogP contribution is 2.38. The van der Waals surface area contributed by atoms with Crippen LogP contribution in [0.4, 0.5) is 0 Å². The summed E-state index contributed by atoms with van der Waals surface area (Å²) in [5.41, 5.74) is 12.6. The van der Waals surface area contributed by atoms with E-state index in [-0.39, 0.29) is 0 Å². The van der Waals surface area contributed by atoms with Crippen LogP contribution in [0.3, 0.4) is 0 Å². The van der Waals surface area contributed by atoms with Gasteiger partial charge in [-0.2, -0.15) is 0 Å². The van der Waals surface area contributed by atoms with E-state index in [1.165, 1.54) is 55.3 Å². The van der Waals surface area contributed by atoms with E-state index in [0.29, 0.717) is 5.59 Å².